The van der Waals surface area contributed by atoms with Gasteiger partial charge in [-0.25, -0.2) is 0 Å². The van der Waals surface area contributed by atoms with Crippen molar-refractivity contribution < 1.29 is 19.1 Å². The van der Waals surface area contributed by atoms with Gasteiger partial charge < -0.3 is 14.8 Å². The summed E-state index contributed by atoms with van der Waals surface area (Å²) in [6.45, 7) is 3.58. The third kappa shape index (κ3) is 3.67. The van der Waals surface area contributed by atoms with Crippen LogP contribution in [0.1, 0.15) is 30.6 Å². The molecule has 6 heteroatoms. The summed E-state index contributed by atoms with van der Waals surface area (Å²) >= 11 is 0. The highest BCUT2D eigenvalue weighted by atomic mass is 16.5. The fourth-order valence-corrected chi connectivity index (χ4v) is 3.27. The van der Waals surface area contributed by atoms with Crippen molar-refractivity contribution in [1.29, 1.82) is 0 Å². The number of aromatic nitrogens is 1. The molecule has 1 amide bonds. The number of Topliss-reactive ketones (excluding diaryl/α,β-unsaturated/α-hetero) is 1. The first-order valence-corrected chi connectivity index (χ1v) is 9.04. The van der Waals surface area contributed by atoms with E-state index in [9.17, 15) is 9.59 Å². The van der Waals surface area contributed by atoms with Crippen molar-refractivity contribution in [3.05, 3.63) is 60.3 Å². The van der Waals surface area contributed by atoms with Crippen molar-refractivity contribution in [2.24, 2.45) is 0 Å². The topological polar surface area (TPSA) is 77.5 Å². The Morgan fingerprint density at radius 1 is 1.21 bits per heavy atom. The maximum Gasteiger partial charge on any atom is 0.262 e. The molecule has 28 heavy (non-hydrogen) atoms. The average Bonchev–Trinajstić information content (AvgIpc) is 2.65. The number of carbonyl (C=O) groups excluding carboxylic acids is 2. The molecule has 0 saturated heterocycles. The summed E-state index contributed by atoms with van der Waals surface area (Å²) in [5.41, 5.74) is 1.47. The molecule has 0 atom stereocenters. The number of nitrogens with zero attached hydrogens (tertiary/aromatic N) is 1. The molecule has 1 aliphatic heterocycles. The van der Waals surface area contributed by atoms with Gasteiger partial charge in [-0.2, -0.15) is 0 Å². The van der Waals surface area contributed by atoms with Crippen LogP contribution in [0.25, 0.3) is 10.9 Å². The molecule has 0 spiro atoms. The molecule has 142 valence electrons. The van der Waals surface area contributed by atoms with Crippen LogP contribution >= 0.6 is 0 Å². The average molecular weight is 376 g/mol. The summed E-state index contributed by atoms with van der Waals surface area (Å²) < 4.78 is 11.5. The molecule has 0 unspecified atom stereocenters. The number of nitrogens with one attached hydrogen (secondary N) is 1. The maximum absolute atomic E-state index is 12.3. The summed E-state index contributed by atoms with van der Waals surface area (Å²) in [5.74, 6) is 0.713. The van der Waals surface area contributed by atoms with E-state index < -0.39 is 5.60 Å². The minimum Gasteiger partial charge on any atom is -0.486 e. The van der Waals surface area contributed by atoms with Gasteiger partial charge in [-0.05, 0) is 50.2 Å². The number of carbonyl (C=O) groups is 2. The highest BCUT2D eigenvalue weighted by Gasteiger charge is 2.32. The van der Waals surface area contributed by atoms with Gasteiger partial charge in [0.05, 0.1) is 23.2 Å². The predicted molar refractivity (Wildman–Crippen MR) is 106 cm³/mol. The highest BCUT2D eigenvalue weighted by Crippen LogP contribution is 2.35. The third-order valence-corrected chi connectivity index (χ3v) is 4.52. The van der Waals surface area contributed by atoms with E-state index in [4.69, 9.17) is 9.47 Å². The highest BCUT2D eigenvalue weighted by molar-refractivity contribution is 6.02. The summed E-state index contributed by atoms with van der Waals surface area (Å²) in [7, 11) is 0. The molecule has 0 bridgehead atoms. The van der Waals surface area contributed by atoms with Gasteiger partial charge in [-0.3, -0.25) is 14.6 Å². The zero-order chi connectivity index (χ0) is 19.7. The van der Waals surface area contributed by atoms with Crippen molar-refractivity contribution in [3.8, 4) is 11.5 Å². The molecule has 2 aromatic carbocycles. The van der Waals surface area contributed by atoms with E-state index in [1.165, 1.54) is 0 Å². The van der Waals surface area contributed by atoms with E-state index in [0.717, 1.165) is 10.9 Å². The number of hydrogen-bond acceptors (Lipinski definition) is 5. The molecule has 1 N–H and O–H groups in total. The molecule has 1 aromatic heterocycles. The molecular weight excluding hydrogens is 356 g/mol. The molecule has 0 fully saturated rings. The Hall–Kier alpha value is -3.41. The van der Waals surface area contributed by atoms with E-state index in [1.807, 2.05) is 44.2 Å². The quantitative estimate of drug-likeness (QED) is 0.745. The molecular formula is C22H20N2O4. The van der Waals surface area contributed by atoms with Crippen LogP contribution in [0.2, 0.25) is 0 Å². The van der Waals surface area contributed by atoms with Gasteiger partial charge in [0.15, 0.2) is 12.4 Å². The lowest BCUT2D eigenvalue weighted by atomic mass is 9.93. The smallest absolute Gasteiger partial charge is 0.262 e. The second-order valence-electron chi connectivity index (χ2n) is 7.33. The molecule has 0 aliphatic carbocycles. The van der Waals surface area contributed by atoms with Gasteiger partial charge >= 0.3 is 0 Å². The van der Waals surface area contributed by atoms with Crippen molar-refractivity contribution in [3.63, 3.8) is 0 Å². The summed E-state index contributed by atoms with van der Waals surface area (Å²) in [5, 5.41) is 3.71. The maximum atomic E-state index is 12.3. The predicted octanol–water partition coefficient (Wildman–Crippen LogP) is 4.00. The number of benzene rings is 2. The second kappa shape index (κ2) is 6.96. The van der Waals surface area contributed by atoms with Crippen molar-refractivity contribution in [2.45, 2.75) is 25.9 Å². The van der Waals surface area contributed by atoms with Gasteiger partial charge in [-0.15, -0.1) is 0 Å². The fourth-order valence-electron chi connectivity index (χ4n) is 3.27. The summed E-state index contributed by atoms with van der Waals surface area (Å²) in [4.78, 5) is 28.8. The van der Waals surface area contributed by atoms with Crippen molar-refractivity contribution in [2.75, 3.05) is 11.9 Å². The SMILES string of the molecule is CC1(C)CC(=O)c2ccc(OCC(=O)Nc3cccc4ncccc34)cc2O1. The van der Waals surface area contributed by atoms with Crippen LogP contribution in [0.5, 0.6) is 11.5 Å². The zero-order valence-electron chi connectivity index (χ0n) is 15.7. The number of hydrogen-bond donors (Lipinski definition) is 1. The van der Waals surface area contributed by atoms with Gasteiger partial charge in [-0.1, -0.05) is 6.07 Å². The summed E-state index contributed by atoms with van der Waals surface area (Å²) in [6, 6.07) is 14.3. The number of ketones is 1. The fraction of sp³-hybridized carbons (Fsp3) is 0.227. The van der Waals surface area contributed by atoms with Crippen LogP contribution in [0.15, 0.2) is 54.7 Å². The first-order chi connectivity index (χ1) is 13.4. The van der Waals surface area contributed by atoms with Crippen molar-refractivity contribution in [1.82, 2.24) is 4.98 Å². The standard InChI is InChI=1S/C22H20N2O4/c1-22(2)12-19(25)16-9-8-14(11-20(16)28-22)27-13-21(26)24-18-7-3-6-17-15(18)5-4-10-23-17/h3-11H,12-13H2,1-2H3,(H,24,26). The van der Waals surface area contributed by atoms with Crippen LogP contribution in [0.4, 0.5) is 5.69 Å². The second-order valence-corrected chi connectivity index (χ2v) is 7.33. The number of amides is 1. The van der Waals surface area contributed by atoms with Gasteiger partial charge in [0.1, 0.15) is 17.1 Å². The normalized spacial score (nSPS) is 14.9. The third-order valence-electron chi connectivity index (χ3n) is 4.52. The molecule has 3 aromatic rings. The lowest BCUT2D eigenvalue weighted by Gasteiger charge is -2.31. The molecule has 0 saturated carbocycles. The van der Waals surface area contributed by atoms with Crippen LogP contribution in [0, 0.1) is 0 Å². The number of rotatable bonds is 4. The van der Waals surface area contributed by atoms with E-state index in [-0.39, 0.29) is 18.3 Å². The molecule has 4 rings (SSSR count). The number of ether oxygens (including phenoxy) is 2. The Balaban J connectivity index is 1.45. The minimum absolute atomic E-state index is 0.0418. The van der Waals surface area contributed by atoms with Crippen molar-refractivity contribution >= 4 is 28.3 Å². The lowest BCUT2D eigenvalue weighted by molar-refractivity contribution is -0.118. The minimum atomic E-state index is -0.553. The van der Waals surface area contributed by atoms with Gasteiger partial charge in [0.25, 0.3) is 5.91 Å². The lowest BCUT2D eigenvalue weighted by Crippen LogP contribution is -2.35. The largest absolute Gasteiger partial charge is 0.486 e. The molecule has 2 heterocycles. The Kier molecular flexibility index (Phi) is 4.47. The van der Waals surface area contributed by atoms with E-state index in [1.54, 1.807) is 24.4 Å². The van der Waals surface area contributed by atoms with E-state index in [2.05, 4.69) is 10.3 Å². The number of anilines is 1. The summed E-state index contributed by atoms with van der Waals surface area (Å²) in [6.07, 6.45) is 2.05. The van der Waals surface area contributed by atoms with Crippen LogP contribution in [-0.2, 0) is 4.79 Å². The molecule has 6 nitrogen and oxygen atoms in total. The Labute approximate surface area is 162 Å². The zero-order valence-corrected chi connectivity index (χ0v) is 15.7. The first kappa shape index (κ1) is 18.0. The van der Waals surface area contributed by atoms with Crippen LogP contribution in [-0.4, -0.2) is 28.9 Å². The Morgan fingerprint density at radius 2 is 2.07 bits per heavy atom. The number of pyridine rings is 1. The molecule has 1 aliphatic rings. The van der Waals surface area contributed by atoms with Gasteiger partial charge in [0, 0.05) is 17.6 Å². The monoisotopic (exact) mass is 376 g/mol. The first-order valence-electron chi connectivity index (χ1n) is 9.04. The van der Waals surface area contributed by atoms with E-state index in [0.29, 0.717) is 29.2 Å². The Morgan fingerprint density at radius 3 is 2.93 bits per heavy atom. The van der Waals surface area contributed by atoms with E-state index >= 15 is 0 Å². The Bertz CT molecular complexity index is 1070. The molecule has 0 radical (unpaired) electrons. The van der Waals surface area contributed by atoms with Crippen LogP contribution in [0.3, 0.4) is 0 Å². The number of fused-ring (bicyclic) bond motifs is 2. The van der Waals surface area contributed by atoms with Crippen LogP contribution < -0.4 is 14.8 Å². The van der Waals surface area contributed by atoms with Gasteiger partial charge in [0.2, 0.25) is 0 Å².